The van der Waals surface area contributed by atoms with Gasteiger partial charge in [0.2, 0.25) is 0 Å². The van der Waals surface area contributed by atoms with Crippen LogP contribution in [0.5, 0.6) is 5.75 Å². The first-order chi connectivity index (χ1) is 12.6. The number of aryl methyl sites for hydroxylation is 1. The minimum Gasteiger partial charge on any atom is -0.494 e. The fraction of sp³-hybridized carbons (Fsp3) is 0.429. The molecule has 0 saturated carbocycles. The van der Waals surface area contributed by atoms with E-state index in [2.05, 4.69) is 9.88 Å². The van der Waals surface area contributed by atoms with Crippen LogP contribution >= 0.6 is 0 Å². The zero-order valence-electron chi connectivity index (χ0n) is 15.4. The number of aromatic nitrogens is 1. The van der Waals surface area contributed by atoms with Crippen LogP contribution in [-0.4, -0.2) is 40.2 Å². The van der Waals surface area contributed by atoms with Crippen LogP contribution in [0.1, 0.15) is 49.0 Å². The molecule has 0 spiro atoms. The van der Waals surface area contributed by atoms with Crippen LogP contribution in [0.4, 0.5) is 0 Å². The van der Waals surface area contributed by atoms with E-state index in [-0.39, 0.29) is 6.04 Å². The number of nitrogens with zero attached hydrogens (tertiary/aromatic N) is 2. The first-order valence-electron chi connectivity index (χ1n) is 9.24. The van der Waals surface area contributed by atoms with Gasteiger partial charge in [0.25, 0.3) is 0 Å². The molecule has 1 aromatic heterocycles. The Kier molecular flexibility index (Phi) is 5.89. The maximum absolute atomic E-state index is 11.8. The van der Waals surface area contributed by atoms with Crippen molar-refractivity contribution in [3.8, 4) is 5.75 Å². The second-order valence-electron chi connectivity index (χ2n) is 6.75. The Hall–Kier alpha value is -2.40. The second-order valence-corrected chi connectivity index (χ2v) is 6.75. The summed E-state index contributed by atoms with van der Waals surface area (Å²) >= 11 is 0. The van der Waals surface area contributed by atoms with Crippen molar-refractivity contribution in [2.75, 3.05) is 13.2 Å². The number of piperidine rings is 1. The summed E-state index contributed by atoms with van der Waals surface area (Å²) in [7, 11) is 0. The van der Waals surface area contributed by atoms with Gasteiger partial charge in [-0.1, -0.05) is 24.6 Å². The molecule has 3 rings (SSSR count). The highest BCUT2D eigenvalue weighted by Crippen LogP contribution is 2.34. The van der Waals surface area contributed by atoms with Crippen molar-refractivity contribution in [1.29, 1.82) is 0 Å². The zero-order chi connectivity index (χ0) is 18.5. The van der Waals surface area contributed by atoms with Crippen molar-refractivity contribution in [2.45, 2.75) is 45.2 Å². The number of aliphatic carboxylic acids is 1. The molecule has 1 N–H and O–H groups in total. The second kappa shape index (κ2) is 8.32. The number of rotatable bonds is 6. The highest BCUT2D eigenvalue weighted by atomic mass is 16.5. The van der Waals surface area contributed by atoms with Crippen LogP contribution in [0.3, 0.4) is 0 Å². The molecule has 5 heteroatoms. The lowest BCUT2D eigenvalue weighted by Crippen LogP contribution is -2.47. The Morgan fingerprint density at radius 2 is 2.04 bits per heavy atom. The lowest BCUT2D eigenvalue weighted by molar-refractivity contribution is -0.145. The highest BCUT2D eigenvalue weighted by Gasteiger charge is 2.35. The minimum absolute atomic E-state index is 0.173. The maximum Gasteiger partial charge on any atom is 0.320 e. The summed E-state index contributed by atoms with van der Waals surface area (Å²) in [6.45, 7) is 5.33. The summed E-state index contributed by atoms with van der Waals surface area (Å²) in [6.07, 6.45) is 4.47. The molecule has 1 aromatic carbocycles. The molecule has 2 unspecified atom stereocenters. The van der Waals surface area contributed by atoms with Crippen LogP contribution in [0.25, 0.3) is 0 Å². The summed E-state index contributed by atoms with van der Waals surface area (Å²) in [5.41, 5.74) is 3.01. The number of carboxylic acid groups (broad SMARTS) is 1. The minimum atomic E-state index is -0.757. The molecule has 0 amide bonds. The lowest BCUT2D eigenvalue weighted by Gasteiger charge is -2.39. The first kappa shape index (κ1) is 18.4. The quantitative estimate of drug-likeness (QED) is 0.854. The number of hydrogen-bond acceptors (Lipinski definition) is 4. The Labute approximate surface area is 154 Å². The molecule has 5 nitrogen and oxygen atoms in total. The Bertz CT molecular complexity index is 728. The van der Waals surface area contributed by atoms with E-state index in [1.54, 1.807) is 0 Å². The molecule has 2 heterocycles. The third-order valence-corrected chi connectivity index (χ3v) is 4.88. The molecule has 1 aliphatic heterocycles. The monoisotopic (exact) mass is 354 g/mol. The number of carbonyl (C=O) groups is 1. The van der Waals surface area contributed by atoms with Crippen LogP contribution in [0.2, 0.25) is 0 Å². The summed E-state index contributed by atoms with van der Waals surface area (Å²) in [5, 5.41) is 9.73. The standard InChI is InChI=1S/C21H26N2O3/c1-3-26-17-10-8-16(9-11-17)20(18-12-7-15(2)14-22-18)23-13-5-4-6-19(23)21(24)25/h7-12,14,19-20H,3-6,13H2,1-2H3,(H,24,25). The van der Waals surface area contributed by atoms with E-state index in [0.29, 0.717) is 13.0 Å². The number of carboxylic acids is 1. The van der Waals surface area contributed by atoms with E-state index in [0.717, 1.165) is 42.0 Å². The van der Waals surface area contributed by atoms with Crippen LogP contribution < -0.4 is 4.74 Å². The van der Waals surface area contributed by atoms with Crippen molar-refractivity contribution >= 4 is 5.97 Å². The predicted octanol–water partition coefficient (Wildman–Crippen LogP) is 3.82. The molecule has 1 fully saturated rings. The van der Waals surface area contributed by atoms with Gasteiger partial charge in [0.05, 0.1) is 18.3 Å². The molecular weight excluding hydrogens is 328 g/mol. The summed E-state index contributed by atoms with van der Waals surface area (Å²) < 4.78 is 5.54. The Morgan fingerprint density at radius 3 is 2.65 bits per heavy atom. The summed E-state index contributed by atoms with van der Waals surface area (Å²) in [4.78, 5) is 18.5. The molecule has 1 aliphatic rings. The fourth-order valence-electron chi connectivity index (χ4n) is 3.61. The van der Waals surface area contributed by atoms with E-state index >= 15 is 0 Å². The third kappa shape index (κ3) is 4.05. The number of benzene rings is 1. The molecule has 26 heavy (non-hydrogen) atoms. The van der Waals surface area contributed by atoms with Crippen molar-refractivity contribution in [3.63, 3.8) is 0 Å². The molecule has 0 aliphatic carbocycles. The van der Waals surface area contributed by atoms with Crippen molar-refractivity contribution in [1.82, 2.24) is 9.88 Å². The van der Waals surface area contributed by atoms with Crippen LogP contribution in [0.15, 0.2) is 42.6 Å². The normalized spacial score (nSPS) is 19.1. The third-order valence-electron chi connectivity index (χ3n) is 4.88. The maximum atomic E-state index is 11.8. The van der Waals surface area contributed by atoms with Crippen molar-refractivity contribution < 1.29 is 14.6 Å². The van der Waals surface area contributed by atoms with Gasteiger partial charge in [-0.25, -0.2) is 0 Å². The van der Waals surface area contributed by atoms with Gasteiger partial charge < -0.3 is 9.84 Å². The fourth-order valence-corrected chi connectivity index (χ4v) is 3.61. The predicted molar refractivity (Wildman–Crippen MR) is 100 cm³/mol. The average molecular weight is 354 g/mol. The smallest absolute Gasteiger partial charge is 0.320 e. The molecule has 2 aromatic rings. The molecule has 1 saturated heterocycles. The number of ether oxygens (including phenoxy) is 1. The van der Waals surface area contributed by atoms with Gasteiger partial charge in [-0.15, -0.1) is 0 Å². The van der Waals surface area contributed by atoms with E-state index < -0.39 is 12.0 Å². The van der Waals surface area contributed by atoms with Gasteiger partial charge in [0, 0.05) is 6.20 Å². The van der Waals surface area contributed by atoms with Crippen LogP contribution in [-0.2, 0) is 4.79 Å². The molecule has 0 bridgehead atoms. The largest absolute Gasteiger partial charge is 0.494 e. The van der Waals surface area contributed by atoms with Gasteiger partial charge in [0.15, 0.2) is 0 Å². The average Bonchev–Trinajstić information content (AvgIpc) is 2.65. The molecular formula is C21H26N2O3. The number of pyridine rings is 1. The van der Waals surface area contributed by atoms with E-state index in [1.807, 2.05) is 56.4 Å². The van der Waals surface area contributed by atoms with Gasteiger partial charge in [-0.05, 0) is 62.6 Å². The SMILES string of the molecule is CCOc1ccc(C(c2ccc(C)cn2)N2CCCCC2C(=O)O)cc1. The van der Waals surface area contributed by atoms with Crippen LogP contribution in [0, 0.1) is 6.92 Å². The van der Waals surface area contributed by atoms with Crippen molar-refractivity contribution in [3.05, 3.63) is 59.4 Å². The Morgan fingerprint density at radius 1 is 1.27 bits per heavy atom. The van der Waals surface area contributed by atoms with Gasteiger partial charge in [-0.2, -0.15) is 0 Å². The number of likely N-dealkylation sites (tertiary alicyclic amines) is 1. The van der Waals surface area contributed by atoms with E-state index in [1.165, 1.54) is 0 Å². The van der Waals surface area contributed by atoms with E-state index in [4.69, 9.17) is 4.74 Å². The van der Waals surface area contributed by atoms with Gasteiger partial charge in [-0.3, -0.25) is 14.7 Å². The number of hydrogen-bond donors (Lipinski definition) is 1. The molecule has 0 radical (unpaired) electrons. The van der Waals surface area contributed by atoms with Gasteiger partial charge in [0.1, 0.15) is 11.8 Å². The Balaban J connectivity index is 2.00. The summed E-state index contributed by atoms with van der Waals surface area (Å²) in [5.74, 6) is 0.0630. The molecule has 2 atom stereocenters. The van der Waals surface area contributed by atoms with Crippen molar-refractivity contribution in [2.24, 2.45) is 0 Å². The van der Waals surface area contributed by atoms with E-state index in [9.17, 15) is 9.90 Å². The topological polar surface area (TPSA) is 62.7 Å². The van der Waals surface area contributed by atoms with Gasteiger partial charge >= 0.3 is 5.97 Å². The summed E-state index contributed by atoms with van der Waals surface area (Å²) in [6, 6.07) is 11.3. The highest BCUT2D eigenvalue weighted by molar-refractivity contribution is 5.73. The molecule has 138 valence electrons. The first-order valence-corrected chi connectivity index (χ1v) is 9.24. The lowest BCUT2D eigenvalue weighted by atomic mass is 9.94. The zero-order valence-corrected chi connectivity index (χ0v) is 15.4.